The summed E-state index contributed by atoms with van der Waals surface area (Å²) >= 11 is 0. The van der Waals surface area contributed by atoms with Crippen molar-refractivity contribution in [3.8, 4) is 6.07 Å². The molecule has 0 saturated carbocycles. The predicted octanol–water partition coefficient (Wildman–Crippen LogP) is 1.80. The molecule has 5 heteroatoms. The molecule has 1 aromatic rings. The van der Waals surface area contributed by atoms with E-state index in [9.17, 15) is 14.5 Å². The second-order valence-corrected chi connectivity index (χ2v) is 2.38. The van der Waals surface area contributed by atoms with Crippen LogP contribution in [0.4, 0.5) is 10.1 Å². The quantitative estimate of drug-likeness (QED) is 0.514. The van der Waals surface area contributed by atoms with Crippen molar-refractivity contribution in [1.29, 1.82) is 5.26 Å². The van der Waals surface area contributed by atoms with E-state index in [-0.39, 0.29) is 6.42 Å². The van der Waals surface area contributed by atoms with Crippen LogP contribution in [0.3, 0.4) is 0 Å². The lowest BCUT2D eigenvalue weighted by Gasteiger charge is -1.95. The van der Waals surface area contributed by atoms with Crippen LogP contribution in [-0.4, -0.2) is 4.92 Å². The Morgan fingerprint density at radius 1 is 1.62 bits per heavy atom. The first-order valence-electron chi connectivity index (χ1n) is 3.45. The Morgan fingerprint density at radius 2 is 2.31 bits per heavy atom. The number of hydrogen-bond donors (Lipinski definition) is 0. The minimum Gasteiger partial charge on any atom is -0.258 e. The first-order chi connectivity index (χ1) is 6.15. The van der Waals surface area contributed by atoms with Gasteiger partial charge >= 0.3 is 5.69 Å². The van der Waals surface area contributed by atoms with Gasteiger partial charge in [-0.05, 0) is 11.6 Å². The van der Waals surface area contributed by atoms with Gasteiger partial charge in [0.05, 0.1) is 17.4 Å². The van der Waals surface area contributed by atoms with Crippen molar-refractivity contribution in [3.05, 3.63) is 39.7 Å². The molecular formula is C8H5FN2O2. The summed E-state index contributed by atoms with van der Waals surface area (Å²) in [6, 6.07) is 5.24. The summed E-state index contributed by atoms with van der Waals surface area (Å²) in [5.41, 5.74) is -0.150. The van der Waals surface area contributed by atoms with Gasteiger partial charge in [-0.2, -0.15) is 9.65 Å². The molecule has 1 aromatic carbocycles. The molecular weight excluding hydrogens is 175 g/mol. The average Bonchev–Trinajstić information content (AvgIpc) is 2.08. The maximum Gasteiger partial charge on any atom is 0.305 e. The largest absolute Gasteiger partial charge is 0.305 e. The summed E-state index contributed by atoms with van der Waals surface area (Å²) in [5, 5.41) is 18.6. The molecule has 1 rings (SSSR count). The number of nitriles is 1. The first kappa shape index (κ1) is 9.13. The molecule has 0 atom stereocenters. The van der Waals surface area contributed by atoms with Crippen molar-refractivity contribution in [2.24, 2.45) is 0 Å². The molecule has 66 valence electrons. The molecule has 0 aliphatic carbocycles. The topological polar surface area (TPSA) is 66.9 Å². The molecule has 13 heavy (non-hydrogen) atoms. The van der Waals surface area contributed by atoms with Crippen LogP contribution in [0.15, 0.2) is 18.2 Å². The molecule has 0 saturated heterocycles. The normalized spacial score (nSPS) is 9.23. The summed E-state index contributed by atoms with van der Waals surface area (Å²) in [5.74, 6) is -0.883. The van der Waals surface area contributed by atoms with E-state index in [1.165, 1.54) is 6.07 Å². The fourth-order valence-corrected chi connectivity index (χ4v) is 0.899. The van der Waals surface area contributed by atoms with Crippen molar-refractivity contribution in [3.63, 3.8) is 0 Å². The van der Waals surface area contributed by atoms with E-state index in [1.807, 2.05) is 6.07 Å². The molecule has 0 heterocycles. The summed E-state index contributed by atoms with van der Waals surface area (Å²) in [4.78, 5) is 9.45. The van der Waals surface area contributed by atoms with Crippen LogP contribution in [0.5, 0.6) is 0 Å². The number of hydrogen-bond acceptors (Lipinski definition) is 3. The summed E-state index contributed by atoms with van der Waals surface area (Å²) in [6.45, 7) is 0. The molecule has 0 unspecified atom stereocenters. The van der Waals surface area contributed by atoms with Gasteiger partial charge in [-0.15, -0.1) is 0 Å². The van der Waals surface area contributed by atoms with Crippen molar-refractivity contribution in [2.75, 3.05) is 0 Å². The Kier molecular flexibility index (Phi) is 2.55. The number of nitro groups is 1. The zero-order chi connectivity index (χ0) is 9.84. The van der Waals surface area contributed by atoms with Crippen LogP contribution < -0.4 is 0 Å². The molecule has 0 N–H and O–H groups in total. The second-order valence-electron chi connectivity index (χ2n) is 2.38. The van der Waals surface area contributed by atoms with Gasteiger partial charge in [-0.3, -0.25) is 10.1 Å². The van der Waals surface area contributed by atoms with E-state index in [0.29, 0.717) is 5.56 Å². The third kappa shape index (κ3) is 1.99. The van der Waals surface area contributed by atoms with E-state index in [0.717, 1.165) is 12.1 Å². The average molecular weight is 180 g/mol. The molecule has 0 aliphatic heterocycles. The van der Waals surface area contributed by atoms with E-state index >= 15 is 0 Å². The Balaban J connectivity index is 3.13. The van der Waals surface area contributed by atoms with Crippen LogP contribution in [-0.2, 0) is 6.42 Å². The van der Waals surface area contributed by atoms with Crippen molar-refractivity contribution in [1.82, 2.24) is 0 Å². The summed E-state index contributed by atoms with van der Waals surface area (Å²) in [6.07, 6.45) is 0.0428. The van der Waals surface area contributed by atoms with Gasteiger partial charge in [0.15, 0.2) is 0 Å². The number of benzene rings is 1. The van der Waals surface area contributed by atoms with Gasteiger partial charge in [0.25, 0.3) is 0 Å². The Morgan fingerprint density at radius 3 is 2.85 bits per heavy atom. The molecule has 4 nitrogen and oxygen atoms in total. The third-order valence-electron chi connectivity index (χ3n) is 1.49. The fraction of sp³-hybridized carbons (Fsp3) is 0.125. The lowest BCUT2D eigenvalue weighted by atomic mass is 10.1. The molecule has 0 bridgehead atoms. The van der Waals surface area contributed by atoms with Crippen molar-refractivity contribution in [2.45, 2.75) is 6.42 Å². The van der Waals surface area contributed by atoms with Crippen molar-refractivity contribution < 1.29 is 9.31 Å². The first-order valence-corrected chi connectivity index (χ1v) is 3.45. The number of halogens is 1. The highest BCUT2D eigenvalue weighted by Crippen LogP contribution is 2.18. The van der Waals surface area contributed by atoms with E-state index < -0.39 is 16.4 Å². The summed E-state index contributed by atoms with van der Waals surface area (Å²) in [7, 11) is 0. The Labute approximate surface area is 73.4 Å². The molecule has 0 aliphatic rings. The van der Waals surface area contributed by atoms with Crippen molar-refractivity contribution >= 4 is 5.69 Å². The number of nitrogens with zero attached hydrogens (tertiary/aromatic N) is 2. The third-order valence-corrected chi connectivity index (χ3v) is 1.49. The van der Waals surface area contributed by atoms with Gasteiger partial charge in [0.2, 0.25) is 5.82 Å². The smallest absolute Gasteiger partial charge is 0.258 e. The monoisotopic (exact) mass is 180 g/mol. The standard InChI is InChI=1S/C8H5FN2O2/c9-7-2-1-6(3-4-10)5-8(7)11(12)13/h1-2,5H,3H2. The highest BCUT2D eigenvalue weighted by molar-refractivity contribution is 5.37. The SMILES string of the molecule is N#CCc1ccc(F)c([N+](=O)[O-])c1. The van der Waals surface area contributed by atoms with Gasteiger partial charge in [-0.1, -0.05) is 6.07 Å². The highest BCUT2D eigenvalue weighted by atomic mass is 19.1. The minimum atomic E-state index is -0.883. The van der Waals surface area contributed by atoms with Crippen LogP contribution >= 0.6 is 0 Å². The van der Waals surface area contributed by atoms with E-state index in [2.05, 4.69) is 0 Å². The highest BCUT2D eigenvalue weighted by Gasteiger charge is 2.13. The maximum absolute atomic E-state index is 12.7. The zero-order valence-electron chi connectivity index (χ0n) is 6.53. The van der Waals surface area contributed by atoms with Crippen LogP contribution in [0.25, 0.3) is 0 Å². The maximum atomic E-state index is 12.7. The lowest BCUT2D eigenvalue weighted by molar-refractivity contribution is -0.387. The van der Waals surface area contributed by atoms with Crippen LogP contribution in [0, 0.1) is 27.3 Å². The molecule has 0 spiro atoms. The molecule has 0 amide bonds. The van der Waals surface area contributed by atoms with E-state index in [1.54, 1.807) is 0 Å². The zero-order valence-corrected chi connectivity index (χ0v) is 6.53. The van der Waals surface area contributed by atoms with Crippen LogP contribution in [0.2, 0.25) is 0 Å². The number of nitro benzene ring substituents is 1. The Hall–Kier alpha value is -1.96. The minimum absolute atomic E-state index is 0.0428. The summed E-state index contributed by atoms with van der Waals surface area (Å²) < 4.78 is 12.7. The predicted molar refractivity (Wildman–Crippen MR) is 42.4 cm³/mol. The second kappa shape index (κ2) is 3.63. The molecule has 0 fully saturated rings. The van der Waals surface area contributed by atoms with Gasteiger partial charge in [-0.25, -0.2) is 0 Å². The fourth-order valence-electron chi connectivity index (χ4n) is 0.899. The van der Waals surface area contributed by atoms with Crippen LogP contribution in [0.1, 0.15) is 5.56 Å². The molecule has 0 radical (unpaired) electrons. The Bertz CT molecular complexity index is 384. The lowest BCUT2D eigenvalue weighted by Crippen LogP contribution is -1.94. The van der Waals surface area contributed by atoms with Gasteiger partial charge in [0, 0.05) is 6.07 Å². The number of rotatable bonds is 2. The van der Waals surface area contributed by atoms with Gasteiger partial charge < -0.3 is 0 Å². The molecule has 0 aromatic heterocycles. The van der Waals surface area contributed by atoms with E-state index in [4.69, 9.17) is 5.26 Å². The van der Waals surface area contributed by atoms with Gasteiger partial charge in [0.1, 0.15) is 0 Å².